The number of nitrogens with two attached hydrogens (primary N) is 1. The SMILES string of the molecule is CC(C)CN1Cc2ccccc2CC1CCC(N)CCCCB(O)O.O=C=O. The Labute approximate surface area is 169 Å². The van der Waals surface area contributed by atoms with E-state index in [4.69, 9.17) is 25.4 Å². The van der Waals surface area contributed by atoms with Crippen molar-refractivity contribution in [3.63, 3.8) is 0 Å². The average Bonchev–Trinajstić information content (AvgIpc) is 2.63. The standard InChI is InChI=1S/C20H35BN2O2.CO2/c1-16(2)14-23-15-18-8-4-3-7-17(18)13-20(23)11-10-19(22)9-5-6-12-21(24)25;2-1-3/h3-4,7-8,16,19-20,24-25H,5-6,9-15,22H2,1-2H3;. The predicted octanol–water partition coefficient (Wildman–Crippen LogP) is 2.24. The fraction of sp³-hybridized carbons (Fsp3) is 0.667. The molecule has 0 bridgehead atoms. The number of rotatable bonds is 10. The van der Waals surface area contributed by atoms with Crippen molar-refractivity contribution in [3.05, 3.63) is 35.4 Å². The molecule has 0 spiro atoms. The van der Waals surface area contributed by atoms with Gasteiger partial charge in [-0.15, -0.1) is 0 Å². The van der Waals surface area contributed by atoms with Crippen molar-refractivity contribution >= 4 is 13.3 Å². The summed E-state index contributed by atoms with van der Waals surface area (Å²) in [6.45, 7) is 6.78. The third-order valence-corrected chi connectivity index (χ3v) is 5.22. The summed E-state index contributed by atoms with van der Waals surface area (Å²) in [6, 6.07) is 9.63. The maximum absolute atomic E-state index is 8.89. The van der Waals surface area contributed by atoms with E-state index in [2.05, 4.69) is 43.0 Å². The van der Waals surface area contributed by atoms with E-state index in [-0.39, 0.29) is 12.2 Å². The van der Waals surface area contributed by atoms with Crippen molar-refractivity contribution < 1.29 is 19.6 Å². The number of unbranched alkanes of at least 4 members (excludes halogenated alkanes) is 1. The van der Waals surface area contributed by atoms with Gasteiger partial charge in [-0.05, 0) is 49.0 Å². The van der Waals surface area contributed by atoms with E-state index in [1.807, 2.05) is 0 Å². The molecule has 2 atom stereocenters. The topological polar surface area (TPSA) is 104 Å². The van der Waals surface area contributed by atoms with Crippen LogP contribution in [0.2, 0.25) is 6.32 Å². The molecule has 1 aromatic rings. The summed E-state index contributed by atoms with van der Waals surface area (Å²) in [4.78, 5) is 18.9. The van der Waals surface area contributed by atoms with Gasteiger partial charge in [0.25, 0.3) is 0 Å². The van der Waals surface area contributed by atoms with E-state index in [9.17, 15) is 0 Å². The molecule has 1 aliphatic rings. The largest absolute Gasteiger partial charge is 0.451 e. The normalized spacial score (nSPS) is 17.3. The number of hydrogen-bond donors (Lipinski definition) is 3. The first-order valence-electron chi connectivity index (χ1n) is 10.3. The van der Waals surface area contributed by atoms with Crippen LogP contribution < -0.4 is 5.73 Å². The van der Waals surface area contributed by atoms with Crippen LogP contribution in [0.25, 0.3) is 0 Å². The molecule has 1 heterocycles. The molecule has 2 rings (SSSR count). The van der Waals surface area contributed by atoms with Gasteiger partial charge in [0.1, 0.15) is 0 Å². The Bertz CT molecular complexity index is 592. The van der Waals surface area contributed by atoms with Gasteiger partial charge in [-0.2, -0.15) is 9.59 Å². The third-order valence-electron chi connectivity index (χ3n) is 5.22. The summed E-state index contributed by atoms with van der Waals surface area (Å²) < 4.78 is 0. The van der Waals surface area contributed by atoms with Gasteiger partial charge in [0.2, 0.25) is 0 Å². The molecule has 0 amide bonds. The Morgan fingerprint density at radius 2 is 1.82 bits per heavy atom. The second-order valence-corrected chi connectivity index (χ2v) is 8.14. The van der Waals surface area contributed by atoms with Crippen molar-refractivity contribution in [2.75, 3.05) is 6.54 Å². The van der Waals surface area contributed by atoms with Gasteiger partial charge in [0.15, 0.2) is 0 Å². The molecule has 0 fully saturated rings. The van der Waals surface area contributed by atoms with Gasteiger partial charge in [-0.3, -0.25) is 4.90 Å². The minimum atomic E-state index is -1.18. The molecule has 0 aromatic heterocycles. The first kappa shape index (κ1) is 24.5. The summed E-state index contributed by atoms with van der Waals surface area (Å²) in [6.07, 6.45) is 6.80. The van der Waals surface area contributed by atoms with Gasteiger partial charge < -0.3 is 15.8 Å². The number of benzene rings is 1. The van der Waals surface area contributed by atoms with Crippen LogP contribution in [0.1, 0.15) is 57.1 Å². The van der Waals surface area contributed by atoms with Crippen LogP contribution in [-0.2, 0) is 22.6 Å². The van der Waals surface area contributed by atoms with E-state index in [1.165, 1.54) is 11.1 Å². The van der Waals surface area contributed by atoms with Gasteiger partial charge >= 0.3 is 13.3 Å². The summed E-state index contributed by atoms with van der Waals surface area (Å²) in [5.41, 5.74) is 9.28. The van der Waals surface area contributed by atoms with Crippen LogP contribution in [0.4, 0.5) is 0 Å². The van der Waals surface area contributed by atoms with Gasteiger partial charge in [0.05, 0.1) is 0 Å². The van der Waals surface area contributed by atoms with Gasteiger partial charge in [-0.1, -0.05) is 51.0 Å². The number of fused-ring (bicyclic) bond motifs is 1. The summed E-state index contributed by atoms with van der Waals surface area (Å²) in [5.74, 6) is 0.673. The third kappa shape index (κ3) is 9.62. The fourth-order valence-corrected chi connectivity index (χ4v) is 3.89. The molecular weight excluding hydrogens is 355 g/mol. The second kappa shape index (κ2) is 13.6. The monoisotopic (exact) mass is 390 g/mol. The van der Waals surface area contributed by atoms with Crippen molar-refractivity contribution in [3.8, 4) is 0 Å². The van der Waals surface area contributed by atoms with E-state index in [1.54, 1.807) is 0 Å². The van der Waals surface area contributed by atoms with Crippen molar-refractivity contribution in [2.45, 2.75) is 77.3 Å². The highest BCUT2D eigenvalue weighted by Crippen LogP contribution is 2.27. The van der Waals surface area contributed by atoms with E-state index < -0.39 is 7.12 Å². The van der Waals surface area contributed by atoms with E-state index in [0.717, 1.165) is 51.6 Å². The van der Waals surface area contributed by atoms with Crippen molar-refractivity contribution in [1.82, 2.24) is 4.90 Å². The first-order chi connectivity index (χ1) is 13.4. The molecule has 0 saturated heterocycles. The molecule has 0 saturated carbocycles. The summed E-state index contributed by atoms with van der Waals surface area (Å²) >= 11 is 0. The Morgan fingerprint density at radius 1 is 1.18 bits per heavy atom. The highest BCUT2D eigenvalue weighted by molar-refractivity contribution is 6.40. The molecule has 1 aliphatic heterocycles. The molecule has 156 valence electrons. The molecule has 6 nitrogen and oxygen atoms in total. The molecule has 28 heavy (non-hydrogen) atoms. The molecule has 0 radical (unpaired) electrons. The maximum atomic E-state index is 8.89. The zero-order chi connectivity index (χ0) is 20.9. The van der Waals surface area contributed by atoms with Gasteiger partial charge in [-0.25, -0.2) is 0 Å². The van der Waals surface area contributed by atoms with E-state index >= 15 is 0 Å². The quantitative estimate of drug-likeness (QED) is 0.418. The molecule has 2 unspecified atom stereocenters. The highest BCUT2D eigenvalue weighted by atomic mass is 16.4. The molecule has 0 aliphatic carbocycles. The lowest BCUT2D eigenvalue weighted by Crippen LogP contribution is -2.43. The highest BCUT2D eigenvalue weighted by Gasteiger charge is 2.26. The van der Waals surface area contributed by atoms with Crippen LogP contribution in [0.15, 0.2) is 24.3 Å². The summed E-state index contributed by atoms with van der Waals surface area (Å²) in [7, 11) is -1.18. The zero-order valence-electron chi connectivity index (χ0n) is 17.2. The fourth-order valence-electron chi connectivity index (χ4n) is 3.89. The number of hydrogen-bond acceptors (Lipinski definition) is 6. The first-order valence-corrected chi connectivity index (χ1v) is 10.3. The average molecular weight is 390 g/mol. The summed E-state index contributed by atoms with van der Waals surface area (Å²) in [5, 5.41) is 17.8. The minimum absolute atomic E-state index is 0.217. The smallest absolute Gasteiger partial charge is 0.427 e. The van der Waals surface area contributed by atoms with Crippen molar-refractivity contribution in [1.29, 1.82) is 0 Å². The van der Waals surface area contributed by atoms with Crippen LogP contribution in [0, 0.1) is 5.92 Å². The Morgan fingerprint density at radius 3 is 2.43 bits per heavy atom. The lowest BCUT2D eigenvalue weighted by molar-refractivity contribution is -0.191. The molecule has 7 heteroatoms. The number of nitrogens with zero attached hydrogens (tertiary/aromatic N) is 1. The Hall–Kier alpha value is -1.50. The predicted molar refractivity (Wildman–Crippen MR) is 110 cm³/mol. The zero-order valence-corrected chi connectivity index (χ0v) is 17.2. The lowest BCUT2D eigenvalue weighted by Gasteiger charge is -2.38. The molecule has 1 aromatic carbocycles. The van der Waals surface area contributed by atoms with Crippen molar-refractivity contribution in [2.24, 2.45) is 11.7 Å². The van der Waals surface area contributed by atoms with Crippen LogP contribution >= 0.6 is 0 Å². The molecular formula is C21H35BN2O4. The van der Waals surface area contributed by atoms with Gasteiger partial charge in [0, 0.05) is 25.2 Å². The maximum Gasteiger partial charge on any atom is 0.451 e. The number of carbonyl (C=O) groups excluding carboxylic acids is 2. The van der Waals surface area contributed by atoms with Crippen LogP contribution in [-0.4, -0.2) is 46.8 Å². The lowest BCUT2D eigenvalue weighted by atomic mass is 9.83. The molecule has 4 N–H and O–H groups in total. The Balaban J connectivity index is 0.00000122. The Kier molecular flexibility index (Phi) is 12.0. The minimum Gasteiger partial charge on any atom is -0.427 e. The van der Waals surface area contributed by atoms with Crippen LogP contribution in [0.5, 0.6) is 0 Å². The van der Waals surface area contributed by atoms with E-state index in [0.29, 0.717) is 18.3 Å². The second-order valence-electron chi connectivity index (χ2n) is 8.14. The van der Waals surface area contributed by atoms with Crippen LogP contribution in [0.3, 0.4) is 0 Å².